The molecule has 23 heavy (non-hydrogen) atoms. The monoisotopic (exact) mass is 320 g/mol. The van der Waals surface area contributed by atoms with Crippen molar-refractivity contribution in [1.29, 1.82) is 0 Å². The van der Waals surface area contributed by atoms with Crippen molar-refractivity contribution in [2.45, 2.75) is 25.9 Å². The lowest BCUT2D eigenvalue weighted by Gasteiger charge is -2.43. The molecule has 0 amide bonds. The molecule has 1 fully saturated rings. The second kappa shape index (κ2) is 5.85. The molecule has 0 radical (unpaired) electrons. The van der Waals surface area contributed by atoms with E-state index in [1.165, 1.54) is 19.4 Å². The van der Waals surface area contributed by atoms with Gasteiger partial charge in [-0.05, 0) is 27.0 Å². The van der Waals surface area contributed by atoms with Crippen molar-refractivity contribution < 1.29 is 18.3 Å². The number of anilines is 1. The summed E-state index contributed by atoms with van der Waals surface area (Å²) in [5, 5.41) is 0.576. The third-order valence-electron chi connectivity index (χ3n) is 4.75. The lowest BCUT2D eigenvalue weighted by molar-refractivity contribution is 0.0602. The lowest BCUT2D eigenvalue weighted by atomic mass is 10.1. The number of methoxy groups -OCH3 is 1. The summed E-state index contributed by atoms with van der Waals surface area (Å²) in [6.45, 7) is 5.71. The second-order valence-electron chi connectivity index (χ2n) is 6.21. The number of hydrogen-bond acceptors (Lipinski definition) is 5. The summed E-state index contributed by atoms with van der Waals surface area (Å²) in [5.74, 6) is -0.825. The van der Waals surface area contributed by atoms with Crippen LogP contribution in [0.5, 0.6) is 0 Å². The molecule has 2 atom stereocenters. The molecule has 1 aliphatic heterocycles. The van der Waals surface area contributed by atoms with Gasteiger partial charge in [0.25, 0.3) is 0 Å². The summed E-state index contributed by atoms with van der Waals surface area (Å²) in [4.78, 5) is 16.1. The van der Waals surface area contributed by atoms with Crippen LogP contribution in [0.25, 0.3) is 11.0 Å². The number of carbonyl (C=O) groups excluding carboxylic acids is 1. The molecule has 1 aliphatic rings. The Kier molecular flexibility index (Phi) is 4.02. The number of rotatable bonds is 2. The maximum absolute atomic E-state index is 14.5. The maximum atomic E-state index is 14.5. The Labute approximate surface area is 134 Å². The summed E-state index contributed by atoms with van der Waals surface area (Å²) >= 11 is 0. The van der Waals surface area contributed by atoms with E-state index in [4.69, 9.17) is 9.15 Å². The first-order valence-electron chi connectivity index (χ1n) is 7.68. The molecule has 2 aromatic rings. The average Bonchev–Trinajstić information content (AvgIpc) is 2.93. The molecule has 1 aromatic heterocycles. The van der Waals surface area contributed by atoms with Crippen molar-refractivity contribution in [2.24, 2.45) is 0 Å². The number of nitrogens with zero attached hydrogens (tertiary/aromatic N) is 2. The fourth-order valence-electron chi connectivity index (χ4n) is 3.15. The van der Waals surface area contributed by atoms with Gasteiger partial charge >= 0.3 is 5.97 Å². The third-order valence-corrected chi connectivity index (χ3v) is 4.75. The highest BCUT2D eigenvalue weighted by atomic mass is 19.1. The Hall–Kier alpha value is -2.08. The van der Waals surface area contributed by atoms with E-state index in [9.17, 15) is 9.18 Å². The maximum Gasteiger partial charge on any atom is 0.341 e. The standard InChI is InChI=1S/C17H21FN2O3/c1-10-7-20(8-11(2)19(10)3)15-5-12-13(17(21)22-4)9-23-16(12)6-14(15)18/h5-6,9-11H,7-8H2,1-4H3. The molecule has 2 unspecified atom stereocenters. The van der Waals surface area contributed by atoms with Crippen LogP contribution in [-0.2, 0) is 4.74 Å². The molecule has 0 bridgehead atoms. The van der Waals surface area contributed by atoms with E-state index >= 15 is 0 Å². The summed E-state index contributed by atoms with van der Waals surface area (Å²) in [7, 11) is 3.40. The number of fused-ring (bicyclic) bond motifs is 1. The van der Waals surface area contributed by atoms with E-state index in [-0.39, 0.29) is 5.82 Å². The number of furan rings is 1. The zero-order valence-electron chi connectivity index (χ0n) is 13.8. The van der Waals surface area contributed by atoms with Crippen LogP contribution in [-0.4, -0.2) is 50.2 Å². The predicted octanol–water partition coefficient (Wildman–Crippen LogP) is 2.89. The van der Waals surface area contributed by atoms with Crippen LogP contribution >= 0.6 is 0 Å². The molecule has 0 saturated carbocycles. The van der Waals surface area contributed by atoms with Crippen LogP contribution in [0.2, 0.25) is 0 Å². The minimum atomic E-state index is -0.485. The van der Waals surface area contributed by atoms with Crippen molar-refractivity contribution in [3.63, 3.8) is 0 Å². The third kappa shape index (κ3) is 2.67. The number of ether oxygens (including phenoxy) is 1. The Morgan fingerprint density at radius 3 is 2.57 bits per heavy atom. The average molecular weight is 320 g/mol. The lowest BCUT2D eigenvalue weighted by Crippen LogP contribution is -2.55. The van der Waals surface area contributed by atoms with Crippen molar-refractivity contribution in [2.75, 3.05) is 32.1 Å². The Morgan fingerprint density at radius 2 is 1.96 bits per heavy atom. The minimum absolute atomic E-state index is 0.318. The number of benzene rings is 1. The Balaban J connectivity index is 2.03. The number of piperazine rings is 1. The number of likely N-dealkylation sites (N-methyl/N-ethyl adjacent to an activating group) is 1. The second-order valence-corrected chi connectivity index (χ2v) is 6.21. The zero-order valence-corrected chi connectivity index (χ0v) is 13.8. The van der Waals surface area contributed by atoms with Gasteiger partial charge in [0.15, 0.2) is 0 Å². The molecule has 1 saturated heterocycles. The summed E-state index contributed by atoms with van der Waals surface area (Å²) < 4.78 is 24.6. The van der Waals surface area contributed by atoms with E-state index in [0.717, 1.165) is 13.1 Å². The molecule has 6 heteroatoms. The van der Waals surface area contributed by atoms with Gasteiger partial charge in [0.2, 0.25) is 0 Å². The number of carbonyl (C=O) groups is 1. The van der Waals surface area contributed by atoms with Crippen LogP contribution in [0.1, 0.15) is 24.2 Å². The van der Waals surface area contributed by atoms with E-state index in [2.05, 4.69) is 25.8 Å². The normalized spacial score (nSPS) is 22.6. The van der Waals surface area contributed by atoms with Gasteiger partial charge < -0.3 is 14.1 Å². The highest BCUT2D eigenvalue weighted by Crippen LogP contribution is 2.31. The molecular weight excluding hydrogens is 299 g/mol. The van der Waals surface area contributed by atoms with E-state index in [1.807, 2.05) is 4.90 Å². The van der Waals surface area contributed by atoms with E-state index in [0.29, 0.717) is 34.3 Å². The highest BCUT2D eigenvalue weighted by Gasteiger charge is 2.29. The molecule has 1 aromatic carbocycles. The van der Waals surface area contributed by atoms with Gasteiger partial charge in [-0.25, -0.2) is 9.18 Å². The molecule has 3 rings (SSSR count). The van der Waals surface area contributed by atoms with Crippen LogP contribution < -0.4 is 4.90 Å². The number of halogens is 1. The van der Waals surface area contributed by atoms with Crippen molar-refractivity contribution >= 4 is 22.6 Å². The fraction of sp³-hybridized carbons (Fsp3) is 0.471. The topological polar surface area (TPSA) is 45.9 Å². The van der Waals surface area contributed by atoms with E-state index < -0.39 is 5.97 Å². The molecule has 0 N–H and O–H groups in total. The molecule has 2 heterocycles. The van der Waals surface area contributed by atoms with Gasteiger partial charge in [-0.2, -0.15) is 0 Å². The van der Waals surface area contributed by atoms with Gasteiger partial charge in [0, 0.05) is 36.6 Å². The van der Waals surface area contributed by atoms with Gasteiger partial charge in [-0.15, -0.1) is 0 Å². The van der Waals surface area contributed by atoms with Gasteiger partial charge in [0.1, 0.15) is 23.2 Å². The van der Waals surface area contributed by atoms with Crippen molar-refractivity contribution in [3.05, 3.63) is 29.8 Å². The van der Waals surface area contributed by atoms with E-state index in [1.54, 1.807) is 6.07 Å². The number of esters is 1. The minimum Gasteiger partial charge on any atom is -0.465 e. The van der Waals surface area contributed by atoms with Gasteiger partial charge in [-0.1, -0.05) is 0 Å². The first kappa shape index (κ1) is 15.8. The first-order valence-corrected chi connectivity index (χ1v) is 7.68. The Bertz CT molecular complexity index is 731. The van der Waals surface area contributed by atoms with Gasteiger partial charge in [0.05, 0.1) is 12.8 Å². The van der Waals surface area contributed by atoms with Crippen LogP contribution in [0.3, 0.4) is 0 Å². The quantitative estimate of drug-likeness (QED) is 0.796. The zero-order chi connectivity index (χ0) is 16.7. The molecular formula is C17H21FN2O3. The molecule has 124 valence electrons. The van der Waals surface area contributed by atoms with Crippen molar-refractivity contribution in [3.8, 4) is 0 Å². The summed E-state index contributed by atoms with van der Waals surface area (Å²) in [5.41, 5.74) is 1.16. The largest absolute Gasteiger partial charge is 0.465 e. The van der Waals surface area contributed by atoms with Crippen LogP contribution in [0.15, 0.2) is 22.8 Å². The highest BCUT2D eigenvalue weighted by molar-refractivity contribution is 6.04. The molecule has 5 nitrogen and oxygen atoms in total. The molecule has 0 spiro atoms. The first-order chi connectivity index (χ1) is 10.9. The number of hydrogen-bond donors (Lipinski definition) is 0. The SMILES string of the molecule is COC(=O)c1coc2cc(F)c(N3CC(C)N(C)C(C)C3)cc12. The fourth-order valence-corrected chi connectivity index (χ4v) is 3.15. The van der Waals surface area contributed by atoms with Crippen LogP contribution in [0, 0.1) is 5.82 Å². The predicted molar refractivity (Wildman–Crippen MR) is 86.4 cm³/mol. The Morgan fingerprint density at radius 1 is 1.30 bits per heavy atom. The summed E-state index contributed by atoms with van der Waals surface area (Å²) in [6, 6.07) is 3.66. The van der Waals surface area contributed by atoms with Gasteiger partial charge in [-0.3, -0.25) is 4.90 Å². The smallest absolute Gasteiger partial charge is 0.341 e. The summed E-state index contributed by atoms with van der Waals surface area (Å²) in [6.07, 6.45) is 1.31. The molecule has 0 aliphatic carbocycles. The van der Waals surface area contributed by atoms with Crippen molar-refractivity contribution in [1.82, 2.24) is 4.90 Å². The van der Waals surface area contributed by atoms with Crippen LogP contribution in [0.4, 0.5) is 10.1 Å².